The smallest absolute Gasteiger partial charge is 0.343 e. The molecule has 2 atom stereocenters. The standard InChI is InChI=1S/C10H15F5O/c1-2-16-9(12,7-5-3-4-6-7)8(11)10(13,14)15/h7-8H,2-6H2,1H3. The molecule has 0 radical (unpaired) electrons. The maximum Gasteiger partial charge on any atom is 0.425 e. The molecule has 0 amide bonds. The fourth-order valence-corrected chi connectivity index (χ4v) is 2.16. The lowest BCUT2D eigenvalue weighted by atomic mass is 9.93. The predicted octanol–water partition coefficient (Wildman–Crippen LogP) is 3.78. The Morgan fingerprint density at radius 2 is 1.69 bits per heavy atom. The van der Waals surface area contributed by atoms with Gasteiger partial charge in [0, 0.05) is 12.5 Å². The molecule has 16 heavy (non-hydrogen) atoms. The second-order valence-electron chi connectivity index (χ2n) is 4.02. The first kappa shape index (κ1) is 13.7. The van der Waals surface area contributed by atoms with Crippen LogP contribution >= 0.6 is 0 Å². The summed E-state index contributed by atoms with van der Waals surface area (Å²) in [5.74, 6) is -4.21. The van der Waals surface area contributed by atoms with E-state index in [0.717, 1.165) is 0 Å². The van der Waals surface area contributed by atoms with Crippen LogP contribution in [0.25, 0.3) is 0 Å². The van der Waals surface area contributed by atoms with Crippen LogP contribution in [-0.4, -0.2) is 24.8 Å². The highest BCUT2D eigenvalue weighted by Gasteiger charge is 2.60. The second kappa shape index (κ2) is 4.85. The van der Waals surface area contributed by atoms with Crippen LogP contribution in [0.15, 0.2) is 0 Å². The van der Waals surface area contributed by atoms with Crippen LogP contribution in [0.4, 0.5) is 22.0 Å². The van der Waals surface area contributed by atoms with Crippen molar-refractivity contribution in [3.63, 3.8) is 0 Å². The van der Waals surface area contributed by atoms with E-state index in [4.69, 9.17) is 0 Å². The zero-order valence-electron chi connectivity index (χ0n) is 8.99. The predicted molar refractivity (Wildman–Crippen MR) is 48.4 cm³/mol. The Kier molecular flexibility index (Phi) is 4.15. The van der Waals surface area contributed by atoms with Gasteiger partial charge in [-0.25, -0.2) is 8.78 Å². The third-order valence-corrected chi connectivity index (χ3v) is 2.91. The molecule has 0 bridgehead atoms. The van der Waals surface area contributed by atoms with Crippen molar-refractivity contribution in [1.29, 1.82) is 0 Å². The van der Waals surface area contributed by atoms with E-state index in [2.05, 4.69) is 4.74 Å². The van der Waals surface area contributed by atoms with Gasteiger partial charge in [0.15, 0.2) is 0 Å². The molecule has 0 aromatic rings. The maximum absolute atomic E-state index is 14.1. The largest absolute Gasteiger partial charge is 0.425 e. The van der Waals surface area contributed by atoms with Crippen molar-refractivity contribution in [2.75, 3.05) is 6.61 Å². The zero-order valence-corrected chi connectivity index (χ0v) is 8.99. The summed E-state index contributed by atoms with van der Waals surface area (Å²) >= 11 is 0. The van der Waals surface area contributed by atoms with Crippen LogP contribution in [0.3, 0.4) is 0 Å². The molecule has 0 N–H and O–H groups in total. The summed E-state index contributed by atoms with van der Waals surface area (Å²) in [5.41, 5.74) is 0. The average Bonchev–Trinajstić information content (AvgIpc) is 2.68. The third kappa shape index (κ3) is 2.64. The van der Waals surface area contributed by atoms with Crippen molar-refractivity contribution in [2.24, 2.45) is 5.92 Å². The lowest BCUT2D eigenvalue weighted by Crippen LogP contribution is -2.51. The molecule has 0 heterocycles. The van der Waals surface area contributed by atoms with Gasteiger partial charge in [-0.3, -0.25) is 0 Å². The summed E-state index contributed by atoms with van der Waals surface area (Å²) in [6.45, 7) is 1.08. The Labute approximate surface area is 91.0 Å². The van der Waals surface area contributed by atoms with E-state index in [0.29, 0.717) is 12.8 Å². The molecular weight excluding hydrogens is 231 g/mol. The Morgan fingerprint density at radius 3 is 2.06 bits per heavy atom. The van der Waals surface area contributed by atoms with Crippen molar-refractivity contribution < 1.29 is 26.7 Å². The van der Waals surface area contributed by atoms with E-state index in [1.54, 1.807) is 0 Å². The highest BCUT2D eigenvalue weighted by molar-refractivity contribution is 4.92. The van der Waals surface area contributed by atoms with Crippen molar-refractivity contribution in [2.45, 2.75) is 50.8 Å². The summed E-state index contributed by atoms with van der Waals surface area (Å²) in [4.78, 5) is 0. The SMILES string of the molecule is CCOC(F)(C1CCCC1)C(F)C(F)(F)F. The van der Waals surface area contributed by atoms with Crippen LogP contribution in [0, 0.1) is 5.92 Å². The quantitative estimate of drug-likeness (QED) is 0.686. The molecule has 0 aliphatic heterocycles. The molecule has 0 aromatic carbocycles. The van der Waals surface area contributed by atoms with Crippen molar-refractivity contribution in [3.8, 4) is 0 Å². The van der Waals surface area contributed by atoms with Gasteiger partial charge in [-0.05, 0) is 19.8 Å². The van der Waals surface area contributed by atoms with Gasteiger partial charge in [-0.15, -0.1) is 0 Å². The topological polar surface area (TPSA) is 9.23 Å². The molecule has 96 valence electrons. The Bertz CT molecular complexity index is 224. The normalized spacial score (nSPS) is 24.4. The lowest BCUT2D eigenvalue weighted by molar-refractivity contribution is -0.299. The molecular formula is C10H15F5O. The summed E-state index contributed by atoms with van der Waals surface area (Å²) in [6.07, 6.45) is -7.06. The molecule has 1 nitrogen and oxygen atoms in total. The number of halogens is 5. The molecule has 6 heteroatoms. The molecule has 2 unspecified atom stereocenters. The van der Waals surface area contributed by atoms with E-state index in [9.17, 15) is 22.0 Å². The van der Waals surface area contributed by atoms with Crippen molar-refractivity contribution >= 4 is 0 Å². The van der Waals surface area contributed by atoms with Crippen molar-refractivity contribution in [3.05, 3.63) is 0 Å². The lowest BCUT2D eigenvalue weighted by Gasteiger charge is -2.34. The number of ether oxygens (including phenoxy) is 1. The van der Waals surface area contributed by atoms with Gasteiger partial charge in [0.1, 0.15) is 0 Å². The molecule has 1 rings (SSSR count). The fourth-order valence-electron chi connectivity index (χ4n) is 2.16. The summed E-state index contributed by atoms with van der Waals surface area (Å²) in [7, 11) is 0. The van der Waals surface area contributed by atoms with E-state index in [1.165, 1.54) is 6.92 Å². The number of alkyl halides is 5. The van der Waals surface area contributed by atoms with Crippen LogP contribution in [0.2, 0.25) is 0 Å². The summed E-state index contributed by atoms with van der Waals surface area (Å²) in [6, 6.07) is 0. The molecule has 1 aliphatic carbocycles. The van der Waals surface area contributed by atoms with Gasteiger partial charge in [0.25, 0.3) is 12.0 Å². The molecule has 1 fully saturated rings. The monoisotopic (exact) mass is 246 g/mol. The van der Waals surface area contributed by atoms with E-state index in [1.807, 2.05) is 0 Å². The zero-order chi connectivity index (χ0) is 12.4. The van der Waals surface area contributed by atoms with E-state index >= 15 is 0 Å². The second-order valence-corrected chi connectivity index (χ2v) is 4.02. The number of hydrogen-bond acceptors (Lipinski definition) is 1. The van der Waals surface area contributed by atoms with Gasteiger partial charge in [-0.2, -0.15) is 13.2 Å². The van der Waals surface area contributed by atoms with Gasteiger partial charge in [-0.1, -0.05) is 12.8 Å². The van der Waals surface area contributed by atoms with E-state index in [-0.39, 0.29) is 19.4 Å². The molecule has 0 saturated heterocycles. The van der Waals surface area contributed by atoms with Crippen LogP contribution < -0.4 is 0 Å². The van der Waals surface area contributed by atoms with Gasteiger partial charge in [0.05, 0.1) is 0 Å². The Morgan fingerprint density at radius 1 is 1.19 bits per heavy atom. The molecule has 1 saturated carbocycles. The Balaban J connectivity index is 2.86. The maximum atomic E-state index is 14.1. The minimum absolute atomic E-state index is 0.243. The highest BCUT2D eigenvalue weighted by atomic mass is 19.4. The Hall–Kier alpha value is -0.390. The first-order valence-corrected chi connectivity index (χ1v) is 5.36. The average molecular weight is 246 g/mol. The number of rotatable bonds is 4. The highest BCUT2D eigenvalue weighted by Crippen LogP contribution is 2.45. The fraction of sp³-hybridized carbons (Fsp3) is 1.00. The molecule has 0 spiro atoms. The summed E-state index contributed by atoms with van der Waals surface area (Å²) in [5, 5.41) is 0. The van der Waals surface area contributed by atoms with Gasteiger partial charge in [0.2, 0.25) is 0 Å². The van der Waals surface area contributed by atoms with Crippen molar-refractivity contribution in [1.82, 2.24) is 0 Å². The van der Waals surface area contributed by atoms with E-state index < -0.39 is 24.1 Å². The first-order chi connectivity index (χ1) is 7.32. The van der Waals surface area contributed by atoms with Crippen LogP contribution in [0.5, 0.6) is 0 Å². The minimum atomic E-state index is -5.22. The van der Waals surface area contributed by atoms with Crippen LogP contribution in [0.1, 0.15) is 32.6 Å². The third-order valence-electron chi connectivity index (χ3n) is 2.91. The van der Waals surface area contributed by atoms with Crippen LogP contribution in [-0.2, 0) is 4.74 Å². The molecule has 1 aliphatic rings. The molecule has 0 aromatic heterocycles. The van der Waals surface area contributed by atoms with Gasteiger partial charge >= 0.3 is 6.18 Å². The van der Waals surface area contributed by atoms with Gasteiger partial charge < -0.3 is 4.74 Å². The minimum Gasteiger partial charge on any atom is -0.343 e. The summed E-state index contributed by atoms with van der Waals surface area (Å²) < 4.78 is 68.4. The first-order valence-electron chi connectivity index (χ1n) is 5.36. The number of hydrogen-bond donors (Lipinski definition) is 0.